The molecule has 2 aromatic rings. The lowest BCUT2D eigenvalue weighted by molar-refractivity contribution is 0.386. The Hall–Kier alpha value is -3.12. The number of hydrogen-bond acceptors (Lipinski definition) is 5. The van der Waals surface area contributed by atoms with Crippen molar-refractivity contribution < 1.29 is 9.13 Å². The number of hydrogen-bond donors (Lipinski definition) is 1. The minimum atomic E-state index is -0.491. The topological polar surface area (TPSA) is 49.2 Å². The molecular weight excluding hydrogens is 379 g/mol. The SMILES string of the molecule is C=CCN1NC(C)=C2N=C(c3ccccc3Cl)c3cc(OC)c(F)cc3N=C21. The van der Waals surface area contributed by atoms with E-state index in [-0.39, 0.29) is 5.75 Å². The molecule has 7 heteroatoms. The lowest BCUT2D eigenvalue weighted by Crippen LogP contribution is -2.35. The zero-order valence-corrected chi connectivity index (χ0v) is 16.2. The van der Waals surface area contributed by atoms with Crippen molar-refractivity contribution >= 4 is 28.8 Å². The van der Waals surface area contributed by atoms with Gasteiger partial charge in [0.05, 0.1) is 30.8 Å². The smallest absolute Gasteiger partial charge is 0.176 e. The molecule has 0 atom stereocenters. The molecular formula is C21H18ClFN4O. The number of hydrazine groups is 1. The van der Waals surface area contributed by atoms with E-state index in [2.05, 4.69) is 12.0 Å². The fraction of sp³-hybridized carbons (Fsp3) is 0.143. The molecule has 28 heavy (non-hydrogen) atoms. The Morgan fingerprint density at radius 3 is 2.75 bits per heavy atom. The van der Waals surface area contributed by atoms with Crippen molar-refractivity contribution in [3.8, 4) is 5.75 Å². The number of amidine groups is 1. The van der Waals surface area contributed by atoms with Crippen molar-refractivity contribution in [3.05, 3.63) is 82.4 Å². The highest BCUT2D eigenvalue weighted by atomic mass is 35.5. The summed E-state index contributed by atoms with van der Waals surface area (Å²) >= 11 is 6.46. The van der Waals surface area contributed by atoms with Crippen molar-refractivity contribution in [2.24, 2.45) is 9.98 Å². The monoisotopic (exact) mass is 396 g/mol. The van der Waals surface area contributed by atoms with Gasteiger partial charge in [-0.05, 0) is 19.1 Å². The van der Waals surface area contributed by atoms with Gasteiger partial charge in [-0.15, -0.1) is 6.58 Å². The molecule has 0 aromatic heterocycles. The number of methoxy groups -OCH3 is 1. The molecule has 0 saturated carbocycles. The van der Waals surface area contributed by atoms with Gasteiger partial charge in [0.15, 0.2) is 17.4 Å². The molecule has 0 saturated heterocycles. The van der Waals surface area contributed by atoms with Crippen molar-refractivity contribution in [2.45, 2.75) is 6.92 Å². The highest BCUT2D eigenvalue weighted by molar-refractivity contribution is 6.36. The number of nitrogens with zero attached hydrogens (tertiary/aromatic N) is 3. The van der Waals surface area contributed by atoms with Crippen molar-refractivity contribution in [1.29, 1.82) is 0 Å². The van der Waals surface area contributed by atoms with Gasteiger partial charge in [0.25, 0.3) is 0 Å². The van der Waals surface area contributed by atoms with Crippen LogP contribution in [0.2, 0.25) is 5.02 Å². The molecule has 0 amide bonds. The molecule has 4 rings (SSSR count). The van der Waals surface area contributed by atoms with Crippen molar-refractivity contribution in [1.82, 2.24) is 10.4 Å². The highest BCUT2D eigenvalue weighted by Crippen LogP contribution is 2.36. The Kier molecular flexibility index (Phi) is 4.65. The lowest BCUT2D eigenvalue weighted by atomic mass is 10.00. The quantitative estimate of drug-likeness (QED) is 0.768. The number of ether oxygens (including phenoxy) is 1. The molecule has 0 fully saturated rings. The first-order valence-electron chi connectivity index (χ1n) is 8.70. The molecule has 0 bridgehead atoms. The van der Waals surface area contributed by atoms with E-state index >= 15 is 0 Å². The summed E-state index contributed by atoms with van der Waals surface area (Å²) in [5.74, 6) is 0.234. The predicted molar refractivity (Wildman–Crippen MR) is 110 cm³/mol. The molecule has 0 aliphatic carbocycles. The molecule has 142 valence electrons. The van der Waals surface area contributed by atoms with Gasteiger partial charge >= 0.3 is 0 Å². The second-order valence-corrected chi connectivity index (χ2v) is 6.77. The summed E-state index contributed by atoms with van der Waals surface area (Å²) in [5, 5.41) is 2.37. The van der Waals surface area contributed by atoms with Crippen LogP contribution in [0, 0.1) is 5.82 Å². The molecule has 2 aromatic carbocycles. The Labute approximate surface area is 167 Å². The Balaban J connectivity index is 2.02. The standard InChI is InChI=1S/C21H18ClFN4O/c1-4-9-27-21-19(12(2)26-27)25-20(13-7-5-6-8-15(13)22)14-10-18(28-3)16(23)11-17(14)24-21/h4-8,10-11,26H,1,9H2,2-3H3. The van der Waals surface area contributed by atoms with Crippen molar-refractivity contribution in [3.63, 3.8) is 0 Å². The van der Waals surface area contributed by atoms with Crippen LogP contribution in [0.1, 0.15) is 18.1 Å². The third-order valence-corrected chi connectivity index (χ3v) is 4.87. The van der Waals surface area contributed by atoms with Gasteiger partial charge in [0.1, 0.15) is 5.70 Å². The van der Waals surface area contributed by atoms with Crippen molar-refractivity contribution in [2.75, 3.05) is 13.7 Å². The largest absolute Gasteiger partial charge is 0.494 e. The van der Waals surface area contributed by atoms with Crippen LogP contribution in [-0.2, 0) is 0 Å². The van der Waals surface area contributed by atoms with E-state index in [1.807, 2.05) is 30.1 Å². The minimum absolute atomic E-state index is 0.123. The maximum absolute atomic E-state index is 14.5. The second-order valence-electron chi connectivity index (χ2n) is 6.36. The molecule has 5 nitrogen and oxygen atoms in total. The van der Waals surface area contributed by atoms with Crippen LogP contribution in [0.25, 0.3) is 0 Å². The van der Waals surface area contributed by atoms with Crippen LogP contribution in [0.15, 0.2) is 70.4 Å². The van der Waals surface area contributed by atoms with Crippen LogP contribution in [0.3, 0.4) is 0 Å². The Morgan fingerprint density at radius 2 is 2.04 bits per heavy atom. The van der Waals surface area contributed by atoms with Gasteiger partial charge in [-0.1, -0.05) is 35.9 Å². The number of nitrogens with one attached hydrogen (secondary N) is 1. The summed E-state index contributed by atoms with van der Waals surface area (Å²) in [7, 11) is 1.43. The van der Waals surface area contributed by atoms with E-state index < -0.39 is 5.82 Å². The minimum Gasteiger partial charge on any atom is -0.494 e. The Morgan fingerprint density at radius 1 is 1.25 bits per heavy atom. The van der Waals surface area contributed by atoms with Crippen LogP contribution < -0.4 is 10.2 Å². The predicted octanol–water partition coefficient (Wildman–Crippen LogP) is 4.61. The molecule has 2 aliphatic heterocycles. The first-order valence-corrected chi connectivity index (χ1v) is 9.07. The van der Waals surface area contributed by atoms with E-state index in [0.29, 0.717) is 40.1 Å². The normalized spacial score (nSPS) is 15.2. The van der Waals surface area contributed by atoms with Gasteiger partial charge in [0, 0.05) is 22.2 Å². The third-order valence-electron chi connectivity index (χ3n) is 4.54. The second kappa shape index (κ2) is 7.13. The molecule has 1 N–H and O–H groups in total. The zero-order valence-electron chi connectivity index (χ0n) is 15.5. The maximum Gasteiger partial charge on any atom is 0.176 e. The molecule has 0 spiro atoms. The summed E-state index contributed by atoms with van der Waals surface area (Å²) in [6, 6.07) is 10.4. The number of fused-ring (bicyclic) bond motifs is 2. The number of allylic oxidation sites excluding steroid dienone is 1. The van der Waals surface area contributed by atoms with Crippen LogP contribution in [0.4, 0.5) is 10.1 Å². The van der Waals surface area contributed by atoms with E-state index in [1.165, 1.54) is 13.2 Å². The van der Waals surface area contributed by atoms with E-state index in [4.69, 9.17) is 26.3 Å². The average Bonchev–Trinajstić information content (AvgIpc) is 2.86. The fourth-order valence-corrected chi connectivity index (χ4v) is 3.46. The third kappa shape index (κ3) is 2.96. The van der Waals surface area contributed by atoms with E-state index in [1.54, 1.807) is 18.2 Å². The molecule has 0 radical (unpaired) electrons. The van der Waals surface area contributed by atoms with Gasteiger partial charge in [0.2, 0.25) is 0 Å². The molecule has 2 aliphatic rings. The summed E-state index contributed by atoms with van der Waals surface area (Å²) < 4.78 is 19.6. The first-order chi connectivity index (χ1) is 13.5. The number of benzene rings is 2. The van der Waals surface area contributed by atoms with Crippen LogP contribution >= 0.6 is 11.6 Å². The Bertz CT molecular complexity index is 1070. The average molecular weight is 397 g/mol. The van der Waals surface area contributed by atoms with E-state index in [9.17, 15) is 4.39 Å². The highest BCUT2D eigenvalue weighted by Gasteiger charge is 2.30. The molecule has 0 unspecified atom stereocenters. The lowest BCUT2D eigenvalue weighted by Gasteiger charge is -2.18. The van der Waals surface area contributed by atoms with Gasteiger partial charge in [-0.25, -0.2) is 14.4 Å². The van der Waals surface area contributed by atoms with Gasteiger partial charge in [-0.2, -0.15) is 0 Å². The van der Waals surface area contributed by atoms with Crippen LogP contribution in [-0.4, -0.2) is 30.2 Å². The van der Waals surface area contributed by atoms with Gasteiger partial charge in [-0.3, -0.25) is 10.4 Å². The van der Waals surface area contributed by atoms with Crippen LogP contribution in [0.5, 0.6) is 5.75 Å². The molecule has 2 heterocycles. The number of halogens is 2. The summed E-state index contributed by atoms with van der Waals surface area (Å²) in [5.41, 5.74) is 7.18. The zero-order chi connectivity index (χ0) is 19.8. The van der Waals surface area contributed by atoms with Gasteiger partial charge < -0.3 is 4.74 Å². The first kappa shape index (κ1) is 18.3. The van der Waals surface area contributed by atoms with E-state index in [0.717, 1.165) is 11.3 Å². The number of rotatable bonds is 4. The maximum atomic E-state index is 14.5. The number of aliphatic imine (C=N–C) groups is 2. The summed E-state index contributed by atoms with van der Waals surface area (Å²) in [6.07, 6.45) is 1.75. The summed E-state index contributed by atoms with van der Waals surface area (Å²) in [6.45, 7) is 6.21. The fourth-order valence-electron chi connectivity index (χ4n) is 3.24. The summed E-state index contributed by atoms with van der Waals surface area (Å²) in [4.78, 5) is 9.61.